The SMILES string of the molecule is Cc1ccccc1COc1cc(N)c(O)c(C(=O)O)c1. The predicted octanol–water partition coefficient (Wildman–Crippen LogP) is 2.56. The molecule has 0 aliphatic heterocycles. The molecule has 5 nitrogen and oxygen atoms in total. The molecule has 0 atom stereocenters. The first-order chi connectivity index (χ1) is 9.49. The van der Waals surface area contributed by atoms with Gasteiger partial charge in [-0.25, -0.2) is 4.79 Å². The Kier molecular flexibility index (Phi) is 3.79. The number of carboxylic acid groups (broad SMARTS) is 1. The molecule has 0 amide bonds. The summed E-state index contributed by atoms with van der Waals surface area (Å²) >= 11 is 0. The molecule has 0 heterocycles. The molecule has 0 saturated carbocycles. The van der Waals surface area contributed by atoms with Crippen LogP contribution in [0.1, 0.15) is 21.5 Å². The van der Waals surface area contributed by atoms with Gasteiger partial charge in [-0.15, -0.1) is 0 Å². The Morgan fingerprint density at radius 3 is 2.65 bits per heavy atom. The van der Waals surface area contributed by atoms with Gasteiger partial charge >= 0.3 is 5.97 Å². The molecule has 0 aliphatic rings. The third-order valence-corrected chi connectivity index (χ3v) is 3.00. The summed E-state index contributed by atoms with van der Waals surface area (Å²) in [5.74, 6) is -1.39. The summed E-state index contributed by atoms with van der Waals surface area (Å²) in [6.07, 6.45) is 0. The van der Waals surface area contributed by atoms with E-state index in [9.17, 15) is 9.90 Å². The van der Waals surface area contributed by atoms with E-state index in [0.717, 1.165) is 11.1 Å². The lowest BCUT2D eigenvalue weighted by Gasteiger charge is -2.11. The monoisotopic (exact) mass is 273 g/mol. The van der Waals surface area contributed by atoms with Crippen molar-refractivity contribution in [1.82, 2.24) is 0 Å². The Labute approximate surface area is 116 Å². The minimum Gasteiger partial charge on any atom is -0.505 e. The van der Waals surface area contributed by atoms with Crippen molar-refractivity contribution in [3.8, 4) is 11.5 Å². The van der Waals surface area contributed by atoms with E-state index in [-0.39, 0.29) is 11.3 Å². The number of aryl methyl sites for hydroxylation is 1. The number of aromatic carboxylic acids is 1. The zero-order valence-electron chi connectivity index (χ0n) is 11.0. The molecular weight excluding hydrogens is 258 g/mol. The first-order valence-corrected chi connectivity index (χ1v) is 6.02. The Hall–Kier alpha value is -2.69. The summed E-state index contributed by atoms with van der Waals surface area (Å²) < 4.78 is 5.55. The number of rotatable bonds is 4. The van der Waals surface area contributed by atoms with Gasteiger partial charge < -0.3 is 20.7 Å². The van der Waals surface area contributed by atoms with Crippen LogP contribution in [0.25, 0.3) is 0 Å². The number of nitrogen functional groups attached to an aromatic ring is 1. The van der Waals surface area contributed by atoms with Crippen LogP contribution in [0, 0.1) is 6.92 Å². The van der Waals surface area contributed by atoms with Crippen LogP contribution in [-0.2, 0) is 6.61 Å². The largest absolute Gasteiger partial charge is 0.505 e. The molecule has 4 N–H and O–H groups in total. The van der Waals surface area contributed by atoms with Gasteiger partial charge in [0.1, 0.15) is 17.9 Å². The van der Waals surface area contributed by atoms with Gasteiger partial charge in [0.25, 0.3) is 0 Å². The molecule has 0 aliphatic carbocycles. The molecule has 0 aromatic heterocycles. The van der Waals surface area contributed by atoms with Crippen LogP contribution in [0.4, 0.5) is 5.69 Å². The first kappa shape index (κ1) is 13.7. The van der Waals surface area contributed by atoms with Crippen LogP contribution in [0.2, 0.25) is 0 Å². The Bertz CT molecular complexity index is 652. The zero-order chi connectivity index (χ0) is 14.7. The highest BCUT2D eigenvalue weighted by molar-refractivity contribution is 5.93. The molecule has 0 unspecified atom stereocenters. The molecule has 0 radical (unpaired) electrons. The third kappa shape index (κ3) is 2.83. The Morgan fingerprint density at radius 1 is 1.30 bits per heavy atom. The average molecular weight is 273 g/mol. The second kappa shape index (κ2) is 5.52. The quantitative estimate of drug-likeness (QED) is 0.588. The predicted molar refractivity (Wildman–Crippen MR) is 75.0 cm³/mol. The summed E-state index contributed by atoms with van der Waals surface area (Å²) in [5.41, 5.74) is 7.35. The second-order valence-corrected chi connectivity index (χ2v) is 4.43. The molecule has 0 fully saturated rings. The number of nitrogens with two attached hydrogens (primary N) is 1. The number of phenols is 1. The van der Waals surface area contributed by atoms with Crippen LogP contribution in [-0.4, -0.2) is 16.2 Å². The maximum atomic E-state index is 11.0. The third-order valence-electron chi connectivity index (χ3n) is 3.00. The van der Waals surface area contributed by atoms with Crippen LogP contribution in [0.3, 0.4) is 0 Å². The summed E-state index contributed by atoms with van der Waals surface area (Å²) in [7, 11) is 0. The van der Waals surface area contributed by atoms with Gasteiger partial charge in [0.05, 0.1) is 5.69 Å². The molecule has 2 aromatic carbocycles. The van der Waals surface area contributed by atoms with Gasteiger partial charge in [0.2, 0.25) is 0 Å². The number of benzene rings is 2. The van der Waals surface area contributed by atoms with E-state index >= 15 is 0 Å². The fourth-order valence-corrected chi connectivity index (χ4v) is 1.81. The summed E-state index contributed by atoms with van der Waals surface area (Å²) in [5, 5.41) is 18.5. The summed E-state index contributed by atoms with van der Waals surface area (Å²) in [6.45, 7) is 2.27. The summed E-state index contributed by atoms with van der Waals surface area (Å²) in [6, 6.07) is 10.4. The van der Waals surface area contributed by atoms with E-state index in [0.29, 0.717) is 12.4 Å². The molecule has 5 heteroatoms. The topological polar surface area (TPSA) is 92.8 Å². The molecule has 0 saturated heterocycles. The number of ether oxygens (including phenoxy) is 1. The van der Waals surface area contributed by atoms with Gasteiger partial charge in [0, 0.05) is 6.07 Å². The van der Waals surface area contributed by atoms with Crippen molar-refractivity contribution in [2.45, 2.75) is 13.5 Å². The standard InChI is InChI=1S/C15H15NO4/c1-9-4-2-3-5-10(9)8-20-11-6-12(15(18)19)14(17)13(16)7-11/h2-7,17H,8,16H2,1H3,(H,18,19). The minimum atomic E-state index is -1.25. The van der Waals surface area contributed by atoms with Crippen LogP contribution >= 0.6 is 0 Å². The maximum Gasteiger partial charge on any atom is 0.339 e. The van der Waals surface area contributed by atoms with Crippen molar-refractivity contribution < 1.29 is 19.7 Å². The molecule has 20 heavy (non-hydrogen) atoms. The number of carboxylic acids is 1. The van der Waals surface area contributed by atoms with Crippen molar-refractivity contribution in [1.29, 1.82) is 0 Å². The van der Waals surface area contributed by atoms with Crippen molar-refractivity contribution >= 4 is 11.7 Å². The first-order valence-electron chi connectivity index (χ1n) is 6.02. The van der Waals surface area contributed by atoms with Crippen molar-refractivity contribution in [2.24, 2.45) is 0 Å². The Morgan fingerprint density at radius 2 is 2.00 bits per heavy atom. The lowest BCUT2D eigenvalue weighted by Crippen LogP contribution is -2.03. The van der Waals surface area contributed by atoms with Crippen molar-refractivity contribution in [3.05, 3.63) is 53.1 Å². The van der Waals surface area contributed by atoms with Gasteiger partial charge in [-0.3, -0.25) is 0 Å². The van der Waals surface area contributed by atoms with Gasteiger partial charge in [0.15, 0.2) is 5.75 Å². The fourth-order valence-electron chi connectivity index (χ4n) is 1.81. The number of hydrogen-bond donors (Lipinski definition) is 3. The molecule has 2 rings (SSSR count). The van der Waals surface area contributed by atoms with Gasteiger partial charge in [-0.1, -0.05) is 24.3 Å². The highest BCUT2D eigenvalue weighted by Crippen LogP contribution is 2.31. The highest BCUT2D eigenvalue weighted by Gasteiger charge is 2.14. The van der Waals surface area contributed by atoms with Crippen LogP contribution in [0.5, 0.6) is 11.5 Å². The number of hydrogen-bond acceptors (Lipinski definition) is 4. The van der Waals surface area contributed by atoms with E-state index in [4.69, 9.17) is 15.6 Å². The van der Waals surface area contributed by atoms with Crippen molar-refractivity contribution in [3.63, 3.8) is 0 Å². The molecule has 0 bridgehead atoms. The van der Waals surface area contributed by atoms with Gasteiger partial charge in [-0.05, 0) is 24.1 Å². The summed E-state index contributed by atoms with van der Waals surface area (Å²) in [4.78, 5) is 11.0. The second-order valence-electron chi connectivity index (χ2n) is 4.43. The van der Waals surface area contributed by atoms with Crippen LogP contribution < -0.4 is 10.5 Å². The Balaban J connectivity index is 2.22. The molecular formula is C15H15NO4. The average Bonchev–Trinajstić information content (AvgIpc) is 2.41. The normalized spacial score (nSPS) is 10.2. The van der Waals surface area contributed by atoms with E-state index in [1.54, 1.807) is 0 Å². The number of carbonyl (C=O) groups is 1. The van der Waals surface area contributed by atoms with Gasteiger partial charge in [-0.2, -0.15) is 0 Å². The van der Waals surface area contributed by atoms with E-state index in [1.165, 1.54) is 12.1 Å². The van der Waals surface area contributed by atoms with Crippen LogP contribution in [0.15, 0.2) is 36.4 Å². The lowest BCUT2D eigenvalue weighted by molar-refractivity contribution is 0.0693. The fraction of sp³-hybridized carbons (Fsp3) is 0.133. The van der Waals surface area contributed by atoms with E-state index < -0.39 is 11.7 Å². The smallest absolute Gasteiger partial charge is 0.339 e. The zero-order valence-corrected chi connectivity index (χ0v) is 11.0. The molecule has 104 valence electrons. The van der Waals surface area contributed by atoms with E-state index in [1.807, 2.05) is 31.2 Å². The highest BCUT2D eigenvalue weighted by atomic mass is 16.5. The number of aromatic hydroxyl groups is 1. The maximum absolute atomic E-state index is 11.0. The molecule has 0 spiro atoms. The number of anilines is 1. The van der Waals surface area contributed by atoms with E-state index in [2.05, 4.69) is 0 Å². The molecule has 2 aromatic rings. The van der Waals surface area contributed by atoms with Crippen molar-refractivity contribution in [2.75, 3.05) is 5.73 Å². The minimum absolute atomic E-state index is 0.0234. The lowest BCUT2D eigenvalue weighted by atomic mass is 10.1.